The molecule has 96 valence electrons. The molecule has 2 aliphatic rings. The molecule has 1 amide bonds. The van der Waals surface area contributed by atoms with E-state index in [2.05, 4.69) is 15.9 Å². The molecule has 0 saturated carbocycles. The van der Waals surface area contributed by atoms with Gasteiger partial charge < -0.3 is 9.47 Å². The average molecular weight is 311 g/mol. The Morgan fingerprint density at radius 3 is 2.83 bits per heavy atom. The van der Waals surface area contributed by atoms with Gasteiger partial charge in [-0.1, -0.05) is 0 Å². The van der Waals surface area contributed by atoms with E-state index in [0.29, 0.717) is 16.3 Å². The molecule has 3 heterocycles. The first-order valence-corrected chi connectivity index (χ1v) is 7.00. The second kappa shape index (κ2) is 4.23. The van der Waals surface area contributed by atoms with Crippen LogP contribution >= 0.6 is 15.9 Å². The Bertz CT molecular complexity index is 567. The molecule has 3 rings (SSSR count). The lowest BCUT2D eigenvalue weighted by atomic mass is 9.83. The number of halogens is 1. The first-order valence-electron chi connectivity index (χ1n) is 6.21. The van der Waals surface area contributed by atoms with E-state index in [1.54, 1.807) is 6.92 Å². The second-order valence-corrected chi connectivity index (χ2v) is 6.10. The lowest BCUT2D eigenvalue weighted by Crippen LogP contribution is -2.48. The highest BCUT2D eigenvalue weighted by Gasteiger charge is 2.35. The van der Waals surface area contributed by atoms with Gasteiger partial charge in [-0.15, -0.1) is 0 Å². The largest absolute Gasteiger partial charge is 0.342 e. The van der Waals surface area contributed by atoms with Crippen LogP contribution in [-0.2, 0) is 11.3 Å². The number of likely N-dealkylation sites (tertiary alicyclic amines) is 1. The normalized spacial score (nSPS) is 25.8. The van der Waals surface area contributed by atoms with Crippen molar-refractivity contribution < 1.29 is 4.79 Å². The Kier molecular flexibility index (Phi) is 2.81. The highest BCUT2D eigenvalue weighted by atomic mass is 79.9. The van der Waals surface area contributed by atoms with Crippen LogP contribution < -0.4 is 5.56 Å². The van der Waals surface area contributed by atoms with E-state index in [-0.39, 0.29) is 11.5 Å². The third-order valence-electron chi connectivity index (χ3n) is 4.00. The number of rotatable bonds is 0. The van der Waals surface area contributed by atoms with E-state index in [1.807, 2.05) is 21.6 Å². The van der Waals surface area contributed by atoms with Gasteiger partial charge in [-0.2, -0.15) is 0 Å². The van der Waals surface area contributed by atoms with Crippen LogP contribution in [0.3, 0.4) is 0 Å². The predicted octanol–water partition coefficient (Wildman–Crippen LogP) is 1.58. The Hall–Kier alpha value is -1.10. The first-order chi connectivity index (χ1) is 8.56. The maximum Gasteiger partial charge on any atom is 0.265 e. The number of piperidine rings is 1. The van der Waals surface area contributed by atoms with Crippen molar-refractivity contribution in [1.29, 1.82) is 0 Å². The number of nitrogens with zero attached hydrogens (tertiary/aromatic N) is 2. The van der Waals surface area contributed by atoms with Crippen LogP contribution in [-0.4, -0.2) is 28.5 Å². The van der Waals surface area contributed by atoms with Gasteiger partial charge in [0.05, 0.1) is 4.47 Å². The van der Waals surface area contributed by atoms with Crippen LogP contribution in [0.2, 0.25) is 0 Å². The summed E-state index contributed by atoms with van der Waals surface area (Å²) in [6.45, 7) is 3.88. The summed E-state index contributed by atoms with van der Waals surface area (Å²) in [5, 5.41) is 0. The number of amides is 1. The summed E-state index contributed by atoms with van der Waals surface area (Å²) in [6, 6.07) is 3.83. The van der Waals surface area contributed by atoms with Gasteiger partial charge in [-0.25, -0.2) is 0 Å². The van der Waals surface area contributed by atoms with Gasteiger partial charge in [0.2, 0.25) is 5.91 Å². The van der Waals surface area contributed by atoms with Crippen LogP contribution in [0.25, 0.3) is 0 Å². The van der Waals surface area contributed by atoms with Crippen molar-refractivity contribution in [2.45, 2.75) is 25.8 Å². The molecule has 0 N–H and O–H groups in total. The van der Waals surface area contributed by atoms with Gasteiger partial charge in [0, 0.05) is 38.2 Å². The van der Waals surface area contributed by atoms with Crippen molar-refractivity contribution in [1.82, 2.24) is 9.47 Å². The van der Waals surface area contributed by atoms with E-state index in [9.17, 15) is 9.59 Å². The minimum absolute atomic E-state index is 0.0541. The summed E-state index contributed by atoms with van der Waals surface area (Å²) >= 11 is 3.29. The van der Waals surface area contributed by atoms with Crippen LogP contribution in [0, 0.1) is 5.92 Å². The van der Waals surface area contributed by atoms with Crippen molar-refractivity contribution in [2.75, 3.05) is 13.1 Å². The van der Waals surface area contributed by atoms with E-state index in [4.69, 9.17) is 0 Å². The van der Waals surface area contributed by atoms with Crippen molar-refractivity contribution >= 4 is 21.8 Å². The number of hydrogen-bond donors (Lipinski definition) is 0. The van der Waals surface area contributed by atoms with Gasteiger partial charge in [-0.05, 0) is 40.4 Å². The summed E-state index contributed by atoms with van der Waals surface area (Å²) in [5.74, 6) is 0.854. The number of aromatic nitrogens is 1. The Labute approximate surface area is 114 Å². The minimum atomic E-state index is 0.0541. The molecule has 0 aliphatic carbocycles. The van der Waals surface area contributed by atoms with Gasteiger partial charge in [0.1, 0.15) is 0 Å². The van der Waals surface area contributed by atoms with Crippen molar-refractivity contribution in [3.63, 3.8) is 0 Å². The third-order valence-corrected chi connectivity index (χ3v) is 4.61. The average Bonchev–Trinajstić information content (AvgIpc) is 2.34. The lowest BCUT2D eigenvalue weighted by Gasteiger charge is -2.42. The van der Waals surface area contributed by atoms with Gasteiger partial charge in [-0.3, -0.25) is 9.59 Å². The third kappa shape index (κ3) is 1.81. The minimum Gasteiger partial charge on any atom is -0.342 e. The topological polar surface area (TPSA) is 42.3 Å². The predicted molar refractivity (Wildman–Crippen MR) is 71.5 cm³/mol. The molecule has 0 unspecified atom stereocenters. The number of pyridine rings is 1. The van der Waals surface area contributed by atoms with Gasteiger partial charge in [0.25, 0.3) is 5.56 Å². The summed E-state index contributed by atoms with van der Waals surface area (Å²) in [6.07, 6.45) is 1.09. The fraction of sp³-hybridized carbons (Fsp3) is 0.538. The number of carbonyl (C=O) groups excluding carboxylic acids is 1. The van der Waals surface area contributed by atoms with Crippen molar-refractivity contribution in [3.05, 3.63) is 32.7 Å². The maximum atomic E-state index is 12.1. The second-order valence-electron chi connectivity index (χ2n) is 5.24. The van der Waals surface area contributed by atoms with E-state index in [0.717, 1.165) is 31.7 Å². The number of hydrogen-bond acceptors (Lipinski definition) is 2. The summed E-state index contributed by atoms with van der Waals surface area (Å²) in [4.78, 5) is 25.5. The quantitative estimate of drug-likeness (QED) is 0.730. The molecule has 2 atom stereocenters. The zero-order chi connectivity index (χ0) is 12.9. The van der Waals surface area contributed by atoms with Crippen molar-refractivity contribution in [2.24, 2.45) is 5.92 Å². The maximum absolute atomic E-state index is 12.1. The molecule has 1 fully saturated rings. The summed E-state index contributed by atoms with van der Waals surface area (Å²) < 4.78 is 2.50. The molecule has 0 spiro atoms. The van der Waals surface area contributed by atoms with E-state index in [1.165, 1.54) is 0 Å². The number of fused-ring (bicyclic) bond motifs is 4. The SMILES string of the molecule is CC(=O)N1C[C@@H]2C[C@H](C1)c1ccc(Br)c(=O)n1C2. The lowest BCUT2D eigenvalue weighted by molar-refractivity contribution is -0.131. The van der Waals surface area contributed by atoms with Gasteiger partial charge in [0.15, 0.2) is 0 Å². The zero-order valence-electron chi connectivity index (χ0n) is 10.2. The fourth-order valence-corrected chi connectivity index (χ4v) is 3.52. The molecule has 1 aromatic rings. The highest BCUT2D eigenvalue weighted by molar-refractivity contribution is 9.10. The molecule has 1 aromatic heterocycles. The smallest absolute Gasteiger partial charge is 0.265 e. The monoisotopic (exact) mass is 310 g/mol. The van der Waals surface area contributed by atoms with Crippen LogP contribution in [0.15, 0.2) is 21.4 Å². The van der Waals surface area contributed by atoms with E-state index < -0.39 is 0 Å². The molecule has 2 aliphatic heterocycles. The molecule has 0 aromatic carbocycles. The zero-order valence-corrected chi connectivity index (χ0v) is 11.8. The molecular formula is C13H15BrN2O2. The van der Waals surface area contributed by atoms with Crippen LogP contribution in [0.4, 0.5) is 0 Å². The molecule has 5 heteroatoms. The van der Waals surface area contributed by atoms with E-state index >= 15 is 0 Å². The number of carbonyl (C=O) groups is 1. The van der Waals surface area contributed by atoms with Gasteiger partial charge >= 0.3 is 0 Å². The van der Waals surface area contributed by atoms with Crippen molar-refractivity contribution in [3.8, 4) is 0 Å². The standard InChI is InChI=1S/C13H15BrN2O2/c1-8(17)15-5-9-4-10(7-15)12-3-2-11(14)13(18)16(12)6-9/h2-3,9-10H,4-7H2,1H3/t9-,10+/m0/s1. The first kappa shape index (κ1) is 12.0. The Balaban J connectivity index is 2.03. The molecule has 1 saturated heterocycles. The molecule has 0 radical (unpaired) electrons. The Morgan fingerprint density at radius 2 is 2.11 bits per heavy atom. The summed E-state index contributed by atoms with van der Waals surface area (Å²) in [5.41, 5.74) is 1.13. The fourth-order valence-electron chi connectivity index (χ4n) is 3.18. The molecule has 18 heavy (non-hydrogen) atoms. The molecule has 4 nitrogen and oxygen atoms in total. The Morgan fingerprint density at radius 1 is 1.33 bits per heavy atom. The highest BCUT2D eigenvalue weighted by Crippen LogP contribution is 2.35. The molecular weight excluding hydrogens is 296 g/mol. The molecule has 2 bridgehead atoms. The van der Waals surface area contributed by atoms with Crippen LogP contribution in [0.5, 0.6) is 0 Å². The van der Waals surface area contributed by atoms with Crippen LogP contribution in [0.1, 0.15) is 25.0 Å². The summed E-state index contributed by atoms with van der Waals surface area (Å²) in [7, 11) is 0.